The molecule has 2 unspecified atom stereocenters. The van der Waals surface area contributed by atoms with Crippen LogP contribution >= 0.6 is 0 Å². The molecule has 0 fully saturated rings. The minimum atomic E-state index is -1.99. The second-order valence-electron chi connectivity index (χ2n) is 7.72. The van der Waals surface area contributed by atoms with Crippen LogP contribution in [0.2, 0.25) is 18.1 Å². The van der Waals surface area contributed by atoms with Gasteiger partial charge in [-0.1, -0.05) is 20.8 Å². The summed E-state index contributed by atoms with van der Waals surface area (Å²) in [5.41, 5.74) is 0.479. The van der Waals surface area contributed by atoms with Crippen molar-refractivity contribution in [2.45, 2.75) is 57.8 Å². The van der Waals surface area contributed by atoms with Gasteiger partial charge in [0, 0.05) is 24.6 Å². The third-order valence-corrected chi connectivity index (χ3v) is 9.34. The van der Waals surface area contributed by atoms with Crippen molar-refractivity contribution in [2.75, 3.05) is 13.2 Å². The summed E-state index contributed by atoms with van der Waals surface area (Å²) < 4.78 is 6.06. The fourth-order valence-corrected chi connectivity index (χ4v) is 3.18. The van der Waals surface area contributed by atoms with Crippen molar-refractivity contribution in [1.82, 2.24) is 4.98 Å². The van der Waals surface area contributed by atoms with Crippen LogP contribution in [0.3, 0.4) is 0 Å². The lowest BCUT2D eigenvalue weighted by Crippen LogP contribution is -2.44. The average Bonchev–Trinajstić information content (AvgIpc) is 2.53. The SMILES string of the molecule is CC(C)(C)[Si](C)(C)OCC(O)C(CCCO)C(=O)c1cccnc1. The quantitative estimate of drug-likeness (QED) is 0.527. The van der Waals surface area contributed by atoms with E-state index in [1.54, 1.807) is 18.3 Å². The number of nitrogens with zero attached hydrogens (tertiary/aromatic N) is 1. The minimum Gasteiger partial charge on any atom is -0.414 e. The Hall–Kier alpha value is -1.08. The normalized spacial score (nSPS) is 15.1. The Morgan fingerprint density at radius 1 is 1.38 bits per heavy atom. The first-order valence-corrected chi connectivity index (χ1v) is 11.4. The molecule has 5 nitrogen and oxygen atoms in total. The zero-order chi connectivity index (χ0) is 18.4. The van der Waals surface area contributed by atoms with E-state index in [4.69, 9.17) is 9.53 Å². The number of hydrogen-bond donors (Lipinski definition) is 2. The van der Waals surface area contributed by atoms with Crippen LogP contribution in [0, 0.1) is 5.92 Å². The van der Waals surface area contributed by atoms with E-state index < -0.39 is 20.3 Å². The van der Waals surface area contributed by atoms with Crippen LogP contribution in [0.25, 0.3) is 0 Å². The summed E-state index contributed by atoms with van der Waals surface area (Å²) in [7, 11) is -1.99. The zero-order valence-corrected chi connectivity index (χ0v) is 16.5. The Morgan fingerprint density at radius 3 is 2.54 bits per heavy atom. The number of pyridine rings is 1. The van der Waals surface area contributed by atoms with Crippen molar-refractivity contribution in [3.05, 3.63) is 30.1 Å². The summed E-state index contributed by atoms with van der Waals surface area (Å²) >= 11 is 0. The molecule has 0 radical (unpaired) electrons. The standard InChI is InChI=1S/C18H31NO4Si/c1-18(2,3)24(4,5)23-13-16(21)15(9-7-11-20)17(22)14-8-6-10-19-12-14/h6,8,10,12,15-16,20-21H,7,9,11,13H2,1-5H3. The third kappa shape index (κ3) is 5.77. The predicted octanol–water partition coefficient (Wildman–Crippen LogP) is 3.04. The topological polar surface area (TPSA) is 79.6 Å². The molecular formula is C18H31NO4Si. The number of carbonyl (C=O) groups is 1. The molecule has 0 aliphatic rings. The number of rotatable bonds is 9. The van der Waals surface area contributed by atoms with Crippen LogP contribution in [0.4, 0.5) is 0 Å². The highest BCUT2D eigenvalue weighted by Crippen LogP contribution is 2.36. The number of aromatic nitrogens is 1. The summed E-state index contributed by atoms with van der Waals surface area (Å²) in [6.07, 6.45) is 3.12. The van der Waals surface area contributed by atoms with E-state index in [9.17, 15) is 9.90 Å². The maximum absolute atomic E-state index is 12.7. The van der Waals surface area contributed by atoms with Crippen LogP contribution in [0.1, 0.15) is 44.0 Å². The van der Waals surface area contributed by atoms with Crippen LogP contribution in [-0.4, -0.2) is 48.6 Å². The van der Waals surface area contributed by atoms with Crippen LogP contribution in [0.5, 0.6) is 0 Å². The molecule has 0 saturated heterocycles. The lowest BCUT2D eigenvalue weighted by atomic mass is 9.89. The Kier molecular flexibility index (Phi) is 7.73. The van der Waals surface area contributed by atoms with E-state index in [-0.39, 0.29) is 24.0 Å². The van der Waals surface area contributed by atoms with Gasteiger partial charge in [-0.3, -0.25) is 9.78 Å². The van der Waals surface area contributed by atoms with E-state index in [0.29, 0.717) is 18.4 Å². The first-order chi connectivity index (χ1) is 11.1. The molecule has 0 aliphatic heterocycles. The van der Waals surface area contributed by atoms with Gasteiger partial charge in [0.2, 0.25) is 0 Å². The molecule has 6 heteroatoms. The van der Waals surface area contributed by atoms with E-state index in [2.05, 4.69) is 38.8 Å². The van der Waals surface area contributed by atoms with E-state index >= 15 is 0 Å². The summed E-state index contributed by atoms with van der Waals surface area (Å²) in [5.74, 6) is -0.742. The summed E-state index contributed by atoms with van der Waals surface area (Å²) in [5, 5.41) is 19.7. The Labute approximate surface area is 146 Å². The second kappa shape index (κ2) is 8.85. The lowest BCUT2D eigenvalue weighted by molar-refractivity contribution is 0.0395. The highest BCUT2D eigenvalue weighted by molar-refractivity contribution is 6.74. The van der Waals surface area contributed by atoms with E-state index in [0.717, 1.165) is 0 Å². The van der Waals surface area contributed by atoms with Gasteiger partial charge in [0.05, 0.1) is 18.6 Å². The van der Waals surface area contributed by atoms with Gasteiger partial charge in [0.25, 0.3) is 0 Å². The van der Waals surface area contributed by atoms with Gasteiger partial charge >= 0.3 is 0 Å². The highest BCUT2D eigenvalue weighted by Gasteiger charge is 2.38. The molecule has 2 N–H and O–H groups in total. The molecule has 1 aromatic heterocycles. The van der Waals surface area contributed by atoms with Gasteiger partial charge < -0.3 is 14.6 Å². The first-order valence-electron chi connectivity index (χ1n) is 8.47. The molecule has 136 valence electrons. The average molecular weight is 354 g/mol. The third-order valence-electron chi connectivity index (χ3n) is 4.84. The van der Waals surface area contributed by atoms with Gasteiger partial charge in [-0.2, -0.15) is 0 Å². The van der Waals surface area contributed by atoms with Crippen LogP contribution < -0.4 is 0 Å². The maximum Gasteiger partial charge on any atom is 0.192 e. The monoisotopic (exact) mass is 353 g/mol. The fourth-order valence-electron chi connectivity index (χ4n) is 2.16. The number of Topliss-reactive ketones (excluding diaryl/α,β-unsaturated/α-hetero) is 1. The largest absolute Gasteiger partial charge is 0.414 e. The van der Waals surface area contributed by atoms with Crippen molar-refractivity contribution < 1.29 is 19.4 Å². The van der Waals surface area contributed by atoms with Crippen molar-refractivity contribution in [1.29, 1.82) is 0 Å². The second-order valence-corrected chi connectivity index (χ2v) is 12.5. The Bertz CT molecular complexity index is 514. The van der Waals surface area contributed by atoms with E-state index in [1.165, 1.54) is 6.20 Å². The molecule has 24 heavy (non-hydrogen) atoms. The van der Waals surface area contributed by atoms with Crippen molar-refractivity contribution in [3.63, 3.8) is 0 Å². The number of ketones is 1. The number of carbonyl (C=O) groups excluding carboxylic acids is 1. The van der Waals surface area contributed by atoms with Crippen LogP contribution in [-0.2, 0) is 4.43 Å². The van der Waals surface area contributed by atoms with Gasteiger partial charge in [-0.05, 0) is 43.1 Å². The molecule has 1 aromatic rings. The van der Waals surface area contributed by atoms with Gasteiger partial charge in [-0.25, -0.2) is 0 Å². The predicted molar refractivity (Wildman–Crippen MR) is 97.5 cm³/mol. The lowest BCUT2D eigenvalue weighted by Gasteiger charge is -2.37. The van der Waals surface area contributed by atoms with Crippen molar-refractivity contribution >= 4 is 14.1 Å². The van der Waals surface area contributed by atoms with Gasteiger partial charge in [0.15, 0.2) is 14.1 Å². The summed E-state index contributed by atoms with van der Waals surface area (Å²) in [6, 6.07) is 3.40. The molecule has 1 rings (SSSR count). The molecule has 0 aliphatic carbocycles. The Morgan fingerprint density at radius 2 is 2.04 bits per heavy atom. The minimum absolute atomic E-state index is 0.00731. The zero-order valence-electron chi connectivity index (χ0n) is 15.5. The number of aliphatic hydroxyl groups excluding tert-OH is 2. The molecule has 0 bridgehead atoms. The smallest absolute Gasteiger partial charge is 0.192 e. The van der Waals surface area contributed by atoms with Crippen LogP contribution in [0.15, 0.2) is 24.5 Å². The molecule has 0 amide bonds. The molecule has 0 aromatic carbocycles. The number of aliphatic hydroxyl groups is 2. The first kappa shape index (κ1) is 21.0. The molecule has 2 atom stereocenters. The molecule has 1 heterocycles. The summed E-state index contributed by atoms with van der Waals surface area (Å²) in [4.78, 5) is 16.7. The molecule has 0 spiro atoms. The fraction of sp³-hybridized carbons (Fsp3) is 0.667. The molecule has 0 saturated carbocycles. The Balaban J connectivity index is 2.82. The maximum atomic E-state index is 12.7. The summed E-state index contributed by atoms with van der Waals surface area (Å²) in [6.45, 7) is 10.8. The van der Waals surface area contributed by atoms with Crippen molar-refractivity contribution in [3.8, 4) is 0 Å². The van der Waals surface area contributed by atoms with Crippen molar-refractivity contribution in [2.24, 2.45) is 5.92 Å². The van der Waals surface area contributed by atoms with Gasteiger partial charge in [-0.15, -0.1) is 0 Å². The highest BCUT2D eigenvalue weighted by atomic mass is 28.4. The number of hydrogen-bond acceptors (Lipinski definition) is 5. The van der Waals surface area contributed by atoms with Gasteiger partial charge in [0.1, 0.15) is 0 Å². The molecular weight excluding hydrogens is 322 g/mol. The van der Waals surface area contributed by atoms with E-state index in [1.807, 2.05) is 0 Å².